The van der Waals surface area contributed by atoms with E-state index >= 15 is 0 Å². The fourth-order valence-corrected chi connectivity index (χ4v) is 3.18. The Balaban J connectivity index is 1.81. The third-order valence-corrected chi connectivity index (χ3v) is 4.17. The highest BCUT2D eigenvalue weighted by atomic mass is 19.4. The summed E-state index contributed by atoms with van der Waals surface area (Å²) in [6, 6.07) is 3.97. The molecule has 3 rings (SSSR count). The average Bonchev–Trinajstić information content (AvgIpc) is 2.91. The van der Waals surface area contributed by atoms with Gasteiger partial charge in [0.25, 0.3) is 0 Å². The predicted molar refractivity (Wildman–Crippen MR) is 63.7 cm³/mol. The third kappa shape index (κ3) is 2.29. The van der Waals surface area contributed by atoms with Crippen molar-refractivity contribution in [3.05, 3.63) is 23.9 Å². The molecular weight excluding hydrogens is 257 g/mol. The number of nitrogens with zero attached hydrogens (tertiary/aromatic N) is 2. The summed E-state index contributed by atoms with van der Waals surface area (Å²) < 4.78 is 37.9. The van der Waals surface area contributed by atoms with E-state index in [0.29, 0.717) is 24.8 Å². The molecule has 19 heavy (non-hydrogen) atoms. The minimum Gasteiger partial charge on any atom is -0.393 e. The molecule has 2 fully saturated rings. The largest absolute Gasteiger partial charge is 0.433 e. The summed E-state index contributed by atoms with van der Waals surface area (Å²) in [7, 11) is 0. The van der Waals surface area contributed by atoms with Crippen molar-refractivity contribution in [2.45, 2.75) is 25.1 Å². The van der Waals surface area contributed by atoms with Gasteiger partial charge in [-0.1, -0.05) is 6.07 Å². The third-order valence-electron chi connectivity index (χ3n) is 4.17. The maximum absolute atomic E-state index is 12.6. The molecule has 2 heterocycles. The van der Waals surface area contributed by atoms with E-state index in [1.807, 2.05) is 4.90 Å². The molecular formula is C13H15F3N2O. The van der Waals surface area contributed by atoms with Crippen LogP contribution in [0.15, 0.2) is 18.2 Å². The van der Waals surface area contributed by atoms with Crippen LogP contribution in [0.2, 0.25) is 0 Å². The zero-order valence-corrected chi connectivity index (χ0v) is 10.3. The maximum atomic E-state index is 12.6. The van der Waals surface area contributed by atoms with Crippen LogP contribution in [0.4, 0.5) is 19.0 Å². The summed E-state index contributed by atoms with van der Waals surface area (Å²) in [4.78, 5) is 5.55. The Kier molecular flexibility index (Phi) is 2.92. The van der Waals surface area contributed by atoms with Crippen LogP contribution in [0.25, 0.3) is 0 Å². The van der Waals surface area contributed by atoms with Gasteiger partial charge < -0.3 is 10.0 Å². The molecule has 0 amide bonds. The molecule has 104 valence electrons. The van der Waals surface area contributed by atoms with Gasteiger partial charge in [0.1, 0.15) is 11.5 Å². The van der Waals surface area contributed by atoms with Gasteiger partial charge in [-0.15, -0.1) is 0 Å². The molecule has 1 aliphatic carbocycles. The molecule has 0 unspecified atom stereocenters. The zero-order chi connectivity index (χ0) is 13.6. The number of pyridine rings is 1. The van der Waals surface area contributed by atoms with Gasteiger partial charge in [0.05, 0.1) is 6.10 Å². The second-order valence-corrected chi connectivity index (χ2v) is 5.35. The van der Waals surface area contributed by atoms with Crippen molar-refractivity contribution < 1.29 is 18.3 Å². The topological polar surface area (TPSA) is 36.4 Å². The van der Waals surface area contributed by atoms with Gasteiger partial charge in [-0.05, 0) is 30.9 Å². The van der Waals surface area contributed by atoms with Gasteiger partial charge in [-0.25, -0.2) is 4.98 Å². The molecule has 1 aromatic rings. The van der Waals surface area contributed by atoms with E-state index < -0.39 is 11.9 Å². The first-order chi connectivity index (χ1) is 8.95. The molecule has 3 atom stereocenters. The first kappa shape index (κ1) is 12.7. The average molecular weight is 272 g/mol. The predicted octanol–water partition coefficient (Wildman–Crippen LogP) is 2.31. The minimum atomic E-state index is -4.41. The lowest BCUT2D eigenvalue weighted by Crippen LogP contribution is -2.25. The number of rotatable bonds is 1. The quantitative estimate of drug-likeness (QED) is 0.852. The molecule has 2 aliphatic rings. The summed E-state index contributed by atoms with van der Waals surface area (Å²) in [6.45, 7) is 1.29. The minimum absolute atomic E-state index is 0.177. The summed E-state index contributed by atoms with van der Waals surface area (Å²) in [6.07, 6.45) is -2.98. The van der Waals surface area contributed by atoms with Crippen LogP contribution in [0.1, 0.15) is 18.5 Å². The lowest BCUT2D eigenvalue weighted by Gasteiger charge is -2.20. The SMILES string of the molecule is O[C@H]1CC[C@@H]2CN(c3cccc(C(F)(F)F)n3)C[C@@H]21. The Hall–Kier alpha value is -1.30. The molecule has 3 nitrogen and oxygen atoms in total. The lowest BCUT2D eigenvalue weighted by atomic mass is 10.00. The fraction of sp³-hybridized carbons (Fsp3) is 0.615. The summed E-state index contributed by atoms with van der Waals surface area (Å²) >= 11 is 0. The van der Waals surface area contributed by atoms with Gasteiger partial charge in [-0.2, -0.15) is 13.2 Å². The number of halogens is 3. The molecule has 1 aromatic heterocycles. The van der Waals surface area contributed by atoms with Crippen molar-refractivity contribution in [3.8, 4) is 0 Å². The summed E-state index contributed by atoms with van der Waals surface area (Å²) in [5, 5.41) is 9.82. The van der Waals surface area contributed by atoms with Crippen LogP contribution in [-0.4, -0.2) is 29.3 Å². The maximum Gasteiger partial charge on any atom is 0.433 e. The number of aliphatic hydroxyl groups is 1. The van der Waals surface area contributed by atoms with Crippen molar-refractivity contribution in [2.75, 3.05) is 18.0 Å². The van der Waals surface area contributed by atoms with E-state index in [-0.39, 0.29) is 12.0 Å². The lowest BCUT2D eigenvalue weighted by molar-refractivity contribution is -0.141. The number of hydrogen-bond acceptors (Lipinski definition) is 3. The number of anilines is 1. The van der Waals surface area contributed by atoms with Crippen LogP contribution in [0, 0.1) is 11.8 Å². The molecule has 0 radical (unpaired) electrons. The Morgan fingerprint density at radius 3 is 2.68 bits per heavy atom. The van der Waals surface area contributed by atoms with Crippen LogP contribution in [0.3, 0.4) is 0 Å². The fourth-order valence-electron chi connectivity index (χ4n) is 3.18. The molecule has 0 spiro atoms. The number of fused-ring (bicyclic) bond motifs is 1. The van der Waals surface area contributed by atoms with Crippen molar-refractivity contribution in [1.82, 2.24) is 4.98 Å². The Bertz CT molecular complexity index is 477. The Morgan fingerprint density at radius 1 is 1.21 bits per heavy atom. The van der Waals surface area contributed by atoms with Crippen molar-refractivity contribution in [1.29, 1.82) is 0 Å². The highest BCUT2D eigenvalue weighted by Gasteiger charge is 2.42. The van der Waals surface area contributed by atoms with Crippen LogP contribution < -0.4 is 4.90 Å². The van der Waals surface area contributed by atoms with E-state index in [4.69, 9.17) is 0 Å². The summed E-state index contributed by atoms with van der Waals surface area (Å²) in [5.74, 6) is 0.916. The number of alkyl halides is 3. The monoisotopic (exact) mass is 272 g/mol. The molecule has 1 saturated heterocycles. The van der Waals surface area contributed by atoms with E-state index in [1.54, 1.807) is 6.07 Å². The highest BCUT2D eigenvalue weighted by Crippen LogP contribution is 2.39. The molecule has 1 aliphatic heterocycles. The van der Waals surface area contributed by atoms with Gasteiger partial charge in [0.15, 0.2) is 0 Å². The number of aromatic nitrogens is 1. The molecule has 6 heteroatoms. The molecule has 1 N–H and O–H groups in total. The van der Waals surface area contributed by atoms with Gasteiger partial charge >= 0.3 is 6.18 Å². The zero-order valence-electron chi connectivity index (χ0n) is 10.3. The first-order valence-electron chi connectivity index (χ1n) is 6.42. The van der Waals surface area contributed by atoms with Crippen LogP contribution >= 0.6 is 0 Å². The second kappa shape index (κ2) is 4.37. The van der Waals surface area contributed by atoms with E-state index in [9.17, 15) is 18.3 Å². The van der Waals surface area contributed by atoms with Gasteiger partial charge in [-0.3, -0.25) is 0 Å². The van der Waals surface area contributed by atoms with Gasteiger partial charge in [0, 0.05) is 19.0 Å². The number of aliphatic hydroxyl groups excluding tert-OH is 1. The van der Waals surface area contributed by atoms with Crippen molar-refractivity contribution in [2.24, 2.45) is 11.8 Å². The Labute approximate surface area is 109 Å². The van der Waals surface area contributed by atoms with E-state index in [0.717, 1.165) is 18.9 Å². The molecule has 1 saturated carbocycles. The normalized spacial score (nSPS) is 30.7. The molecule has 0 aromatic carbocycles. The van der Waals surface area contributed by atoms with Crippen LogP contribution in [-0.2, 0) is 6.18 Å². The highest BCUT2D eigenvalue weighted by molar-refractivity contribution is 5.41. The van der Waals surface area contributed by atoms with Gasteiger partial charge in [0.2, 0.25) is 0 Å². The summed E-state index contributed by atoms with van der Waals surface area (Å²) in [5.41, 5.74) is -0.859. The standard InChI is InChI=1S/C13H15F3N2O/c14-13(15,16)11-2-1-3-12(17-11)18-6-8-4-5-10(19)9(8)7-18/h1-3,8-10,19H,4-7H2/t8-,9+,10+/m1/s1. The van der Waals surface area contributed by atoms with E-state index in [1.165, 1.54) is 6.07 Å². The first-order valence-corrected chi connectivity index (χ1v) is 6.42. The number of hydrogen-bond donors (Lipinski definition) is 1. The van der Waals surface area contributed by atoms with E-state index in [2.05, 4.69) is 4.98 Å². The smallest absolute Gasteiger partial charge is 0.393 e. The van der Waals surface area contributed by atoms with Crippen LogP contribution in [0.5, 0.6) is 0 Å². The van der Waals surface area contributed by atoms with Crippen molar-refractivity contribution >= 4 is 5.82 Å². The van der Waals surface area contributed by atoms with Crippen molar-refractivity contribution in [3.63, 3.8) is 0 Å². The molecule has 0 bridgehead atoms. The second-order valence-electron chi connectivity index (χ2n) is 5.35. The Morgan fingerprint density at radius 2 is 2.00 bits per heavy atom.